The summed E-state index contributed by atoms with van der Waals surface area (Å²) in [6.45, 7) is 6.00. The number of fused-ring (bicyclic) bond motifs is 1. The monoisotopic (exact) mass is 372 g/mol. The minimum Gasteiger partial charge on any atom is -0.356 e. The quantitative estimate of drug-likeness (QED) is 0.875. The molecule has 0 aliphatic carbocycles. The molecule has 0 unspecified atom stereocenters. The summed E-state index contributed by atoms with van der Waals surface area (Å²) in [7, 11) is 0. The molecule has 4 nitrogen and oxygen atoms in total. The van der Waals surface area contributed by atoms with Crippen molar-refractivity contribution in [2.75, 3.05) is 18.0 Å². The zero-order valence-electron chi connectivity index (χ0n) is 14.4. The number of hydrogen-bond acceptors (Lipinski definition) is 5. The molecule has 1 aliphatic heterocycles. The Morgan fingerprint density at radius 3 is 2.80 bits per heavy atom. The molecular formula is C17H23F3N4S. The summed E-state index contributed by atoms with van der Waals surface area (Å²) in [5, 5.41) is 4.32. The van der Waals surface area contributed by atoms with Crippen LogP contribution in [0.1, 0.15) is 38.0 Å². The smallest absolute Gasteiger partial charge is 0.356 e. The number of alkyl halides is 3. The molecule has 2 aromatic rings. The molecule has 0 amide bonds. The van der Waals surface area contributed by atoms with Crippen LogP contribution in [0, 0.1) is 0 Å². The van der Waals surface area contributed by atoms with E-state index in [1.54, 1.807) is 6.07 Å². The van der Waals surface area contributed by atoms with Crippen LogP contribution in [0.5, 0.6) is 0 Å². The maximum absolute atomic E-state index is 12.7. The van der Waals surface area contributed by atoms with E-state index in [9.17, 15) is 13.2 Å². The van der Waals surface area contributed by atoms with Crippen molar-refractivity contribution < 1.29 is 13.2 Å². The second-order valence-electron chi connectivity index (χ2n) is 6.86. The van der Waals surface area contributed by atoms with Crippen molar-refractivity contribution in [3.63, 3.8) is 0 Å². The van der Waals surface area contributed by atoms with Gasteiger partial charge in [-0.3, -0.25) is 0 Å². The van der Waals surface area contributed by atoms with Gasteiger partial charge in [0.15, 0.2) is 0 Å². The van der Waals surface area contributed by atoms with E-state index in [1.165, 1.54) is 6.33 Å². The lowest BCUT2D eigenvalue weighted by molar-refractivity contribution is -0.126. The lowest BCUT2D eigenvalue weighted by atomic mass is 10.1. The van der Waals surface area contributed by atoms with Crippen LogP contribution in [-0.4, -0.2) is 41.3 Å². The van der Waals surface area contributed by atoms with Crippen molar-refractivity contribution in [1.29, 1.82) is 0 Å². The Morgan fingerprint density at radius 2 is 2.08 bits per heavy atom. The van der Waals surface area contributed by atoms with Gasteiger partial charge in [-0.05, 0) is 25.3 Å². The first-order valence-corrected chi connectivity index (χ1v) is 9.44. The summed E-state index contributed by atoms with van der Waals surface area (Å²) in [5.74, 6) is 0.764. The third-order valence-electron chi connectivity index (χ3n) is 4.33. The molecule has 0 aromatic carbocycles. The third kappa shape index (κ3) is 4.82. The van der Waals surface area contributed by atoms with Gasteiger partial charge in [0.1, 0.15) is 17.0 Å². The number of thiophene rings is 1. The summed E-state index contributed by atoms with van der Waals surface area (Å²) >= 11 is 1.11. The fourth-order valence-electron chi connectivity index (χ4n) is 3.38. The van der Waals surface area contributed by atoms with Gasteiger partial charge in [-0.15, -0.1) is 11.3 Å². The minimum absolute atomic E-state index is 0.290. The molecule has 0 spiro atoms. The zero-order chi connectivity index (χ0) is 18.0. The standard InChI is InChI=1S/C17H23F3N4S/c1-11(2)23-12-4-3-6-24(7-5-12)15-14-8-13(9-17(18,19)20)25-16(14)22-10-21-15/h8,10-12,23H,3-7,9H2,1-2H3/t12-/m1/s1. The first-order chi connectivity index (χ1) is 11.8. The Balaban J connectivity index is 1.81. The molecule has 3 rings (SSSR count). The summed E-state index contributed by atoms with van der Waals surface area (Å²) in [6.07, 6.45) is -0.508. The molecule has 0 saturated carbocycles. The Kier molecular flexibility index (Phi) is 5.48. The number of rotatable bonds is 4. The van der Waals surface area contributed by atoms with Crippen LogP contribution >= 0.6 is 11.3 Å². The predicted molar refractivity (Wildman–Crippen MR) is 95.3 cm³/mol. The van der Waals surface area contributed by atoms with Crippen molar-refractivity contribution in [2.45, 2.75) is 57.8 Å². The van der Waals surface area contributed by atoms with E-state index in [4.69, 9.17) is 0 Å². The van der Waals surface area contributed by atoms with Crippen LogP contribution in [-0.2, 0) is 6.42 Å². The number of nitrogens with zero attached hydrogens (tertiary/aromatic N) is 3. The lowest BCUT2D eigenvalue weighted by Gasteiger charge is -2.23. The van der Waals surface area contributed by atoms with Gasteiger partial charge in [0.2, 0.25) is 0 Å². The summed E-state index contributed by atoms with van der Waals surface area (Å²) in [4.78, 5) is 11.7. The van der Waals surface area contributed by atoms with Gasteiger partial charge in [0, 0.05) is 30.1 Å². The number of hydrogen-bond donors (Lipinski definition) is 1. The van der Waals surface area contributed by atoms with Gasteiger partial charge in [-0.1, -0.05) is 13.8 Å². The Morgan fingerprint density at radius 1 is 1.28 bits per heavy atom. The van der Waals surface area contributed by atoms with Crippen LogP contribution < -0.4 is 10.2 Å². The van der Waals surface area contributed by atoms with Crippen LogP contribution in [0.25, 0.3) is 10.2 Å². The van der Waals surface area contributed by atoms with Crippen molar-refractivity contribution in [2.24, 2.45) is 0 Å². The zero-order valence-corrected chi connectivity index (χ0v) is 15.3. The first kappa shape index (κ1) is 18.4. The summed E-state index contributed by atoms with van der Waals surface area (Å²) in [5.41, 5.74) is 0. The Labute approximate surface area is 149 Å². The van der Waals surface area contributed by atoms with Crippen LogP contribution in [0.4, 0.5) is 19.0 Å². The maximum Gasteiger partial charge on any atom is 0.393 e. The highest BCUT2D eigenvalue weighted by atomic mass is 32.1. The molecule has 8 heteroatoms. The van der Waals surface area contributed by atoms with E-state index < -0.39 is 12.6 Å². The highest BCUT2D eigenvalue weighted by Crippen LogP contribution is 2.34. The van der Waals surface area contributed by atoms with Crippen LogP contribution in [0.3, 0.4) is 0 Å². The normalized spacial score (nSPS) is 19.6. The highest BCUT2D eigenvalue weighted by molar-refractivity contribution is 7.18. The average Bonchev–Trinajstić information content (AvgIpc) is 2.75. The van der Waals surface area contributed by atoms with Crippen molar-refractivity contribution in [3.8, 4) is 0 Å². The van der Waals surface area contributed by atoms with Gasteiger partial charge < -0.3 is 10.2 Å². The number of aromatic nitrogens is 2. The Hall–Kier alpha value is -1.41. The molecule has 1 atom stereocenters. The molecule has 138 valence electrons. The average molecular weight is 372 g/mol. The number of nitrogens with one attached hydrogen (secondary N) is 1. The molecule has 1 aliphatic rings. The fourth-order valence-corrected chi connectivity index (χ4v) is 4.40. The van der Waals surface area contributed by atoms with Crippen LogP contribution in [0.15, 0.2) is 12.4 Å². The van der Waals surface area contributed by atoms with Crippen molar-refractivity contribution >= 4 is 27.4 Å². The van der Waals surface area contributed by atoms with E-state index in [0.717, 1.165) is 54.9 Å². The third-order valence-corrected chi connectivity index (χ3v) is 5.37. The van der Waals surface area contributed by atoms with E-state index >= 15 is 0 Å². The molecule has 25 heavy (non-hydrogen) atoms. The Bertz CT molecular complexity index is 713. The molecule has 1 saturated heterocycles. The van der Waals surface area contributed by atoms with E-state index in [1.807, 2.05) is 0 Å². The molecular weight excluding hydrogens is 349 g/mol. The largest absolute Gasteiger partial charge is 0.393 e. The molecule has 0 bridgehead atoms. The van der Waals surface area contributed by atoms with E-state index in [-0.39, 0.29) is 0 Å². The second-order valence-corrected chi connectivity index (χ2v) is 7.97. The topological polar surface area (TPSA) is 41.0 Å². The lowest BCUT2D eigenvalue weighted by Crippen LogP contribution is -2.35. The second kappa shape index (κ2) is 7.45. The highest BCUT2D eigenvalue weighted by Gasteiger charge is 2.29. The number of halogens is 3. The summed E-state index contributed by atoms with van der Waals surface area (Å²) in [6, 6.07) is 2.53. The van der Waals surface area contributed by atoms with Crippen LogP contribution in [0.2, 0.25) is 0 Å². The SMILES string of the molecule is CC(C)N[C@@H]1CCCN(c2ncnc3sc(CC(F)(F)F)cc23)CC1. The van der Waals surface area contributed by atoms with Crippen molar-refractivity contribution in [3.05, 3.63) is 17.3 Å². The molecule has 1 fully saturated rings. The van der Waals surface area contributed by atoms with Gasteiger partial charge in [0.05, 0.1) is 11.8 Å². The molecule has 2 aromatic heterocycles. The predicted octanol–water partition coefficient (Wildman–Crippen LogP) is 4.15. The van der Waals surface area contributed by atoms with Gasteiger partial charge in [0.25, 0.3) is 0 Å². The van der Waals surface area contributed by atoms with E-state index in [0.29, 0.717) is 21.8 Å². The molecule has 0 radical (unpaired) electrons. The first-order valence-electron chi connectivity index (χ1n) is 8.63. The van der Waals surface area contributed by atoms with Gasteiger partial charge in [-0.2, -0.15) is 13.2 Å². The molecule has 1 N–H and O–H groups in total. The molecule has 3 heterocycles. The van der Waals surface area contributed by atoms with Crippen molar-refractivity contribution in [1.82, 2.24) is 15.3 Å². The van der Waals surface area contributed by atoms with Gasteiger partial charge >= 0.3 is 6.18 Å². The number of anilines is 1. The fraction of sp³-hybridized carbons (Fsp3) is 0.647. The van der Waals surface area contributed by atoms with Gasteiger partial charge in [-0.25, -0.2) is 9.97 Å². The minimum atomic E-state index is -4.20. The summed E-state index contributed by atoms with van der Waals surface area (Å²) < 4.78 is 38.0. The van der Waals surface area contributed by atoms with E-state index in [2.05, 4.69) is 34.0 Å². The maximum atomic E-state index is 12.7.